The SMILES string of the molecule is CCCC1CCC(n2c(=O)sc3c(=O)[nH]c(N)nc32)O1. The maximum absolute atomic E-state index is 12.1. The Morgan fingerprint density at radius 2 is 2.30 bits per heavy atom. The minimum Gasteiger partial charge on any atom is -0.369 e. The van der Waals surface area contributed by atoms with Crippen LogP contribution in [0.3, 0.4) is 0 Å². The van der Waals surface area contributed by atoms with Crippen molar-refractivity contribution in [3.05, 3.63) is 20.0 Å². The van der Waals surface area contributed by atoms with Gasteiger partial charge in [-0.25, -0.2) is 0 Å². The number of aromatic nitrogens is 3. The second-order valence-corrected chi connectivity index (χ2v) is 5.88. The Labute approximate surface area is 118 Å². The Morgan fingerprint density at radius 3 is 3.05 bits per heavy atom. The molecule has 0 amide bonds. The van der Waals surface area contributed by atoms with E-state index >= 15 is 0 Å². The van der Waals surface area contributed by atoms with Crippen LogP contribution in [0.4, 0.5) is 5.95 Å². The predicted molar refractivity (Wildman–Crippen MR) is 77.0 cm³/mol. The number of aromatic amines is 1. The number of thiazole rings is 1. The van der Waals surface area contributed by atoms with Crippen LogP contribution in [0.25, 0.3) is 10.3 Å². The van der Waals surface area contributed by atoms with Gasteiger partial charge in [-0.2, -0.15) is 4.98 Å². The fraction of sp³-hybridized carbons (Fsp3) is 0.583. The molecule has 0 bridgehead atoms. The molecular formula is C12H16N4O3S. The van der Waals surface area contributed by atoms with Crippen molar-refractivity contribution in [1.29, 1.82) is 0 Å². The quantitative estimate of drug-likeness (QED) is 0.886. The van der Waals surface area contributed by atoms with Crippen LogP contribution >= 0.6 is 11.3 Å². The van der Waals surface area contributed by atoms with E-state index in [0.717, 1.165) is 37.0 Å². The summed E-state index contributed by atoms with van der Waals surface area (Å²) in [7, 11) is 0. The summed E-state index contributed by atoms with van der Waals surface area (Å²) in [4.78, 5) is 30.2. The third kappa shape index (κ3) is 2.14. The summed E-state index contributed by atoms with van der Waals surface area (Å²) in [6, 6.07) is 0. The molecule has 1 fully saturated rings. The average molecular weight is 296 g/mol. The Bertz CT molecular complexity index is 747. The summed E-state index contributed by atoms with van der Waals surface area (Å²) in [5.41, 5.74) is 5.50. The van der Waals surface area contributed by atoms with Gasteiger partial charge in [-0.15, -0.1) is 0 Å². The largest absolute Gasteiger partial charge is 0.369 e. The third-order valence-corrected chi connectivity index (χ3v) is 4.42. The van der Waals surface area contributed by atoms with Crippen molar-refractivity contribution in [3.63, 3.8) is 0 Å². The highest BCUT2D eigenvalue weighted by Gasteiger charge is 2.29. The van der Waals surface area contributed by atoms with E-state index in [4.69, 9.17) is 10.5 Å². The number of rotatable bonds is 3. The molecule has 0 spiro atoms. The number of anilines is 1. The van der Waals surface area contributed by atoms with Crippen LogP contribution in [0.5, 0.6) is 0 Å². The van der Waals surface area contributed by atoms with Crippen molar-refractivity contribution in [2.24, 2.45) is 0 Å². The van der Waals surface area contributed by atoms with Crippen LogP contribution in [0.15, 0.2) is 9.59 Å². The van der Waals surface area contributed by atoms with Gasteiger partial charge in [0.1, 0.15) is 10.9 Å². The molecule has 2 unspecified atom stereocenters. The normalized spacial score (nSPS) is 22.6. The van der Waals surface area contributed by atoms with Crippen LogP contribution in [0.1, 0.15) is 38.8 Å². The molecule has 108 valence electrons. The fourth-order valence-corrected chi connectivity index (χ4v) is 3.47. The predicted octanol–water partition coefficient (Wildman–Crippen LogP) is 1.21. The van der Waals surface area contributed by atoms with Crippen LogP contribution in [-0.2, 0) is 4.74 Å². The Hall–Kier alpha value is -1.67. The standard InChI is InChI=1S/C12H16N4O3S/c1-2-3-6-4-5-7(19-6)16-9-8(20-12(16)18)10(17)15-11(13)14-9/h6-7H,2-5H2,1H3,(H3,13,14,15,17). The van der Waals surface area contributed by atoms with E-state index in [1.54, 1.807) is 0 Å². The van der Waals surface area contributed by atoms with Gasteiger partial charge >= 0.3 is 4.87 Å². The number of nitrogens with one attached hydrogen (secondary N) is 1. The van der Waals surface area contributed by atoms with E-state index in [9.17, 15) is 9.59 Å². The summed E-state index contributed by atoms with van der Waals surface area (Å²) in [6.07, 6.45) is 3.52. The summed E-state index contributed by atoms with van der Waals surface area (Å²) < 4.78 is 7.65. The molecule has 8 heteroatoms. The monoisotopic (exact) mass is 296 g/mol. The first kappa shape index (κ1) is 13.3. The first-order valence-electron chi connectivity index (χ1n) is 6.66. The maximum atomic E-state index is 12.1. The smallest absolute Gasteiger partial charge is 0.311 e. The Morgan fingerprint density at radius 1 is 1.50 bits per heavy atom. The van der Waals surface area contributed by atoms with Gasteiger partial charge in [-0.05, 0) is 19.3 Å². The molecular weight excluding hydrogens is 280 g/mol. The third-order valence-electron chi connectivity index (χ3n) is 3.48. The number of nitrogen functional groups attached to an aromatic ring is 1. The van der Waals surface area contributed by atoms with Crippen molar-refractivity contribution in [3.8, 4) is 0 Å². The Kier molecular flexibility index (Phi) is 3.35. The van der Waals surface area contributed by atoms with E-state index in [0.29, 0.717) is 10.3 Å². The summed E-state index contributed by atoms with van der Waals surface area (Å²) in [6.45, 7) is 2.10. The highest BCUT2D eigenvalue weighted by molar-refractivity contribution is 7.16. The van der Waals surface area contributed by atoms with Crippen LogP contribution < -0.4 is 16.2 Å². The maximum Gasteiger partial charge on any atom is 0.311 e. The molecule has 2 atom stereocenters. The molecule has 0 aromatic carbocycles. The van der Waals surface area contributed by atoms with E-state index in [1.807, 2.05) is 0 Å². The number of fused-ring (bicyclic) bond motifs is 1. The first-order valence-corrected chi connectivity index (χ1v) is 7.48. The summed E-state index contributed by atoms with van der Waals surface area (Å²) in [5.74, 6) is 0.0113. The number of hydrogen-bond donors (Lipinski definition) is 2. The number of nitrogens with zero attached hydrogens (tertiary/aromatic N) is 2. The van der Waals surface area contributed by atoms with E-state index in [-0.39, 0.29) is 28.7 Å². The number of nitrogens with two attached hydrogens (primary N) is 1. The molecule has 2 aromatic rings. The molecule has 20 heavy (non-hydrogen) atoms. The molecule has 1 saturated heterocycles. The van der Waals surface area contributed by atoms with Crippen molar-refractivity contribution in [2.75, 3.05) is 5.73 Å². The van der Waals surface area contributed by atoms with Crippen molar-refractivity contribution < 1.29 is 4.74 Å². The molecule has 3 heterocycles. The summed E-state index contributed by atoms with van der Waals surface area (Å²) in [5, 5.41) is 0. The first-order chi connectivity index (χ1) is 9.60. The molecule has 3 N–H and O–H groups in total. The van der Waals surface area contributed by atoms with Gasteiger partial charge in [0.05, 0.1) is 6.10 Å². The van der Waals surface area contributed by atoms with Crippen molar-refractivity contribution >= 4 is 27.6 Å². The highest BCUT2D eigenvalue weighted by atomic mass is 32.1. The second-order valence-electron chi connectivity index (χ2n) is 4.92. The van der Waals surface area contributed by atoms with Crippen molar-refractivity contribution in [2.45, 2.75) is 44.9 Å². The van der Waals surface area contributed by atoms with Crippen LogP contribution in [0, 0.1) is 0 Å². The van der Waals surface area contributed by atoms with Gasteiger partial charge in [0.25, 0.3) is 5.56 Å². The molecule has 0 aliphatic carbocycles. The molecule has 0 radical (unpaired) electrons. The topological polar surface area (TPSA) is 103 Å². The molecule has 0 saturated carbocycles. The molecule has 7 nitrogen and oxygen atoms in total. The zero-order chi connectivity index (χ0) is 14.3. The highest BCUT2D eigenvalue weighted by Crippen LogP contribution is 2.31. The minimum atomic E-state index is -0.378. The summed E-state index contributed by atoms with van der Waals surface area (Å²) >= 11 is 0.881. The van der Waals surface area contributed by atoms with Crippen molar-refractivity contribution in [1.82, 2.24) is 14.5 Å². The zero-order valence-corrected chi connectivity index (χ0v) is 11.9. The van der Waals surface area contributed by atoms with Gasteiger partial charge < -0.3 is 10.5 Å². The fourth-order valence-electron chi connectivity index (χ4n) is 2.61. The lowest BCUT2D eigenvalue weighted by Gasteiger charge is -2.14. The Balaban J connectivity index is 2.06. The van der Waals surface area contributed by atoms with E-state index < -0.39 is 0 Å². The van der Waals surface area contributed by atoms with Gasteiger partial charge in [-0.3, -0.25) is 19.1 Å². The molecule has 3 rings (SSSR count). The van der Waals surface area contributed by atoms with Crippen LogP contribution in [0.2, 0.25) is 0 Å². The van der Waals surface area contributed by atoms with Gasteiger partial charge in [-0.1, -0.05) is 24.7 Å². The lowest BCUT2D eigenvalue weighted by molar-refractivity contribution is -0.000432. The lowest BCUT2D eigenvalue weighted by atomic mass is 10.1. The van der Waals surface area contributed by atoms with Gasteiger partial charge in [0.2, 0.25) is 5.95 Å². The van der Waals surface area contributed by atoms with Crippen LogP contribution in [-0.4, -0.2) is 20.6 Å². The van der Waals surface area contributed by atoms with E-state index in [2.05, 4.69) is 16.9 Å². The average Bonchev–Trinajstić information content (AvgIpc) is 2.94. The molecule has 1 aliphatic rings. The lowest BCUT2D eigenvalue weighted by Crippen LogP contribution is -2.21. The van der Waals surface area contributed by atoms with E-state index in [1.165, 1.54) is 4.57 Å². The number of hydrogen-bond acceptors (Lipinski definition) is 6. The van der Waals surface area contributed by atoms with Gasteiger partial charge in [0, 0.05) is 0 Å². The number of H-pyrrole nitrogens is 1. The minimum absolute atomic E-state index is 0.0113. The number of ether oxygens (including phenoxy) is 1. The second kappa shape index (κ2) is 5.02. The molecule has 2 aromatic heterocycles. The molecule has 1 aliphatic heterocycles. The zero-order valence-electron chi connectivity index (χ0n) is 11.1. The van der Waals surface area contributed by atoms with Gasteiger partial charge in [0.15, 0.2) is 5.65 Å².